The summed E-state index contributed by atoms with van der Waals surface area (Å²) in [5.41, 5.74) is 5.45. The highest BCUT2D eigenvalue weighted by Crippen LogP contribution is 2.36. The number of benzene rings is 2. The molecule has 0 spiro atoms. The minimum Gasteiger partial charge on any atom is -0.497 e. The lowest BCUT2D eigenvalue weighted by Crippen LogP contribution is -2.33. The molecule has 1 fully saturated rings. The number of sulfonamides is 1. The molecule has 1 aliphatic heterocycles. The van der Waals surface area contributed by atoms with Gasteiger partial charge in [-0.1, -0.05) is 25.1 Å². The number of nitrogens with zero attached hydrogens (tertiary/aromatic N) is 3. The van der Waals surface area contributed by atoms with Crippen molar-refractivity contribution in [2.45, 2.75) is 83.7 Å². The Morgan fingerprint density at radius 3 is 2.24 bits per heavy atom. The predicted octanol–water partition coefficient (Wildman–Crippen LogP) is 5.05. The number of amides is 1. The number of likely N-dealkylation sites (tertiary alicyclic amines) is 1. The van der Waals surface area contributed by atoms with Gasteiger partial charge in [-0.25, -0.2) is 8.42 Å². The van der Waals surface area contributed by atoms with Gasteiger partial charge in [0.05, 0.1) is 24.6 Å². The second kappa shape index (κ2) is 14.4. The van der Waals surface area contributed by atoms with Crippen molar-refractivity contribution in [3.8, 4) is 5.75 Å². The van der Waals surface area contributed by atoms with E-state index in [9.17, 15) is 18.0 Å². The molecule has 1 unspecified atom stereocenters. The van der Waals surface area contributed by atoms with Gasteiger partial charge < -0.3 is 9.64 Å². The first-order valence-corrected chi connectivity index (χ1v) is 16.0. The van der Waals surface area contributed by atoms with Gasteiger partial charge in [-0.05, 0) is 99.0 Å². The second-order valence-electron chi connectivity index (χ2n) is 11.3. The molecule has 1 aliphatic carbocycles. The zero-order valence-electron chi connectivity index (χ0n) is 25.8. The van der Waals surface area contributed by atoms with E-state index in [1.165, 1.54) is 56.8 Å². The van der Waals surface area contributed by atoms with Crippen LogP contribution in [-0.2, 0) is 32.6 Å². The van der Waals surface area contributed by atoms with E-state index in [0.29, 0.717) is 29.7 Å². The number of ketones is 1. The number of Topliss-reactive ketones (excluding diaryl/α,β-unsaturated/α-hetero) is 1. The molecular weight excluding hydrogens is 538 g/mol. The van der Waals surface area contributed by atoms with E-state index in [0.717, 1.165) is 23.7 Å². The van der Waals surface area contributed by atoms with Crippen LogP contribution in [-0.4, -0.2) is 75.1 Å². The highest BCUT2D eigenvalue weighted by Gasteiger charge is 2.28. The highest BCUT2D eigenvalue weighted by atomic mass is 32.2. The van der Waals surface area contributed by atoms with Gasteiger partial charge in [0.25, 0.3) is 0 Å². The van der Waals surface area contributed by atoms with E-state index in [4.69, 9.17) is 4.74 Å². The van der Waals surface area contributed by atoms with Crippen molar-refractivity contribution in [3.05, 3.63) is 58.1 Å². The van der Waals surface area contributed by atoms with Crippen molar-refractivity contribution in [1.29, 1.82) is 0 Å². The molecule has 1 saturated heterocycles. The minimum absolute atomic E-state index is 0.0765. The molecule has 1 atom stereocenters. The molecule has 226 valence electrons. The summed E-state index contributed by atoms with van der Waals surface area (Å²) in [7, 11) is 1.21. The number of hydrogen-bond acceptors (Lipinski definition) is 6. The fraction of sp³-hybridized carbons (Fsp3) is 0.562. The number of carbonyl (C=O) groups excluding carboxylic acids is 2. The normalized spacial score (nSPS) is 16.7. The second-order valence-corrected chi connectivity index (χ2v) is 13.3. The summed E-state index contributed by atoms with van der Waals surface area (Å²) in [6.07, 6.45) is 5.96. The lowest BCUT2D eigenvalue weighted by atomic mass is 10.0. The number of ether oxygens (including phenoxy) is 1. The molecule has 0 bridgehead atoms. The van der Waals surface area contributed by atoms with E-state index in [1.807, 2.05) is 18.9 Å². The van der Waals surface area contributed by atoms with E-state index in [-0.39, 0.29) is 29.2 Å². The van der Waals surface area contributed by atoms with Crippen molar-refractivity contribution in [2.75, 3.05) is 40.8 Å². The monoisotopic (exact) mass is 585 g/mol. The third-order valence-electron chi connectivity index (χ3n) is 8.09. The Bertz CT molecular complexity index is 1310. The van der Waals surface area contributed by atoms with Crippen molar-refractivity contribution in [1.82, 2.24) is 14.1 Å². The molecule has 2 aliphatic rings. The van der Waals surface area contributed by atoms with Gasteiger partial charge >= 0.3 is 0 Å². The summed E-state index contributed by atoms with van der Waals surface area (Å²) < 4.78 is 31.5. The number of hydrogen-bond donors (Lipinski definition) is 0. The first-order valence-electron chi connectivity index (χ1n) is 14.6. The Balaban J connectivity index is 0.000000225. The van der Waals surface area contributed by atoms with E-state index >= 15 is 0 Å². The zero-order chi connectivity index (χ0) is 30.3. The van der Waals surface area contributed by atoms with Crippen LogP contribution in [0, 0.1) is 13.8 Å². The van der Waals surface area contributed by atoms with Gasteiger partial charge in [0.2, 0.25) is 15.9 Å². The molecule has 9 heteroatoms. The number of aryl methyl sites for hydroxylation is 3. The summed E-state index contributed by atoms with van der Waals surface area (Å²) in [6, 6.07) is 10.5. The molecule has 0 N–H and O–H groups in total. The van der Waals surface area contributed by atoms with Crippen LogP contribution in [0.3, 0.4) is 0 Å². The number of methoxy groups -OCH3 is 1. The first-order chi connectivity index (χ1) is 19.4. The Labute approximate surface area is 246 Å². The molecule has 2 aromatic carbocycles. The van der Waals surface area contributed by atoms with Crippen LogP contribution in [0.15, 0.2) is 35.2 Å². The summed E-state index contributed by atoms with van der Waals surface area (Å²) in [5, 5.41) is 0. The van der Waals surface area contributed by atoms with Crippen LogP contribution in [0.4, 0.5) is 0 Å². The van der Waals surface area contributed by atoms with E-state index in [2.05, 4.69) is 23.1 Å². The van der Waals surface area contributed by atoms with E-state index < -0.39 is 10.0 Å². The molecule has 8 nitrogen and oxygen atoms in total. The number of likely N-dealkylation sites (N-methyl/N-ethyl adjacent to an activating group) is 1. The third-order valence-corrected chi connectivity index (χ3v) is 10.2. The topological polar surface area (TPSA) is 87.2 Å². The first kappa shape index (κ1) is 32.8. The average molecular weight is 586 g/mol. The number of fused-ring (bicyclic) bond motifs is 1. The largest absolute Gasteiger partial charge is 0.497 e. The SMILES string of the molecule is CC(=O)N(C)C1CCc2cc(CN3CCCC3)ccc21.CCCC(=O)CN(C)S(=O)(=O)c1c(C)cc(OC)cc1C. The Morgan fingerprint density at radius 1 is 1.05 bits per heavy atom. The maximum Gasteiger partial charge on any atom is 0.243 e. The molecular formula is C32H47N3O5S. The third kappa shape index (κ3) is 8.17. The number of rotatable bonds is 10. The van der Waals surface area contributed by atoms with Crippen molar-refractivity contribution >= 4 is 21.7 Å². The Morgan fingerprint density at radius 2 is 1.68 bits per heavy atom. The van der Waals surface area contributed by atoms with Crippen molar-refractivity contribution < 1.29 is 22.7 Å². The minimum atomic E-state index is -3.68. The Hall–Kier alpha value is -2.75. The van der Waals surface area contributed by atoms with Crippen molar-refractivity contribution in [2.24, 2.45) is 0 Å². The lowest BCUT2D eigenvalue weighted by molar-refractivity contribution is -0.129. The van der Waals surface area contributed by atoms with Gasteiger partial charge in [0.1, 0.15) is 11.5 Å². The van der Waals surface area contributed by atoms with Crippen LogP contribution in [0.1, 0.15) is 79.8 Å². The van der Waals surface area contributed by atoms with Crippen LogP contribution < -0.4 is 4.74 Å². The summed E-state index contributed by atoms with van der Waals surface area (Å²) in [6.45, 7) is 10.5. The summed E-state index contributed by atoms with van der Waals surface area (Å²) in [4.78, 5) is 27.9. The predicted molar refractivity (Wildman–Crippen MR) is 163 cm³/mol. The highest BCUT2D eigenvalue weighted by molar-refractivity contribution is 7.89. The van der Waals surface area contributed by atoms with Gasteiger partial charge in [0.15, 0.2) is 0 Å². The molecule has 41 heavy (non-hydrogen) atoms. The quantitative estimate of drug-likeness (QED) is 0.388. The molecule has 1 heterocycles. The molecule has 2 aromatic rings. The maximum absolute atomic E-state index is 12.6. The van der Waals surface area contributed by atoms with Crippen molar-refractivity contribution in [3.63, 3.8) is 0 Å². The lowest BCUT2D eigenvalue weighted by Gasteiger charge is -2.24. The number of carbonyl (C=O) groups is 2. The van der Waals surface area contributed by atoms with Crippen LogP contribution in [0.25, 0.3) is 0 Å². The van der Waals surface area contributed by atoms with Gasteiger partial charge in [-0.3, -0.25) is 14.5 Å². The molecule has 0 aromatic heterocycles. The van der Waals surface area contributed by atoms with Gasteiger partial charge in [-0.2, -0.15) is 4.31 Å². The molecule has 4 rings (SSSR count). The standard InChI is InChI=1S/C17H24N2O.C15H23NO4S/c1-13(20)18(2)17-8-6-15-11-14(5-7-16(15)17)12-19-9-3-4-10-19;1-6-7-13(17)10-16(4)21(18,19)15-11(2)8-14(20-5)9-12(15)3/h5,7,11,17H,3-4,6,8-10,12H2,1-2H3;8-9H,6-7,10H2,1-5H3. The fourth-order valence-electron chi connectivity index (χ4n) is 5.85. The fourth-order valence-corrected chi connectivity index (χ4v) is 7.41. The average Bonchev–Trinajstić information content (AvgIpc) is 3.57. The summed E-state index contributed by atoms with van der Waals surface area (Å²) >= 11 is 0. The summed E-state index contributed by atoms with van der Waals surface area (Å²) in [5.74, 6) is 0.699. The molecule has 1 amide bonds. The smallest absolute Gasteiger partial charge is 0.243 e. The van der Waals surface area contributed by atoms with E-state index in [1.54, 1.807) is 32.9 Å². The molecule has 0 saturated carbocycles. The molecule has 0 radical (unpaired) electrons. The van der Waals surface area contributed by atoms with Crippen LogP contribution in [0.5, 0.6) is 5.75 Å². The zero-order valence-corrected chi connectivity index (χ0v) is 26.6. The van der Waals surface area contributed by atoms with Crippen LogP contribution in [0.2, 0.25) is 0 Å². The maximum atomic E-state index is 12.6. The Kier molecular flexibility index (Phi) is 11.5. The van der Waals surface area contributed by atoms with Crippen LogP contribution >= 0.6 is 0 Å². The van der Waals surface area contributed by atoms with Gasteiger partial charge in [0, 0.05) is 34.0 Å². The van der Waals surface area contributed by atoms with Gasteiger partial charge in [-0.15, -0.1) is 0 Å².